The lowest BCUT2D eigenvalue weighted by atomic mass is 10.0. The number of rotatable bonds is 4. The van der Waals surface area contributed by atoms with E-state index in [9.17, 15) is 9.59 Å². The van der Waals surface area contributed by atoms with E-state index in [2.05, 4.69) is 5.32 Å². The third-order valence-electron chi connectivity index (χ3n) is 3.78. The molecule has 0 radical (unpaired) electrons. The van der Waals surface area contributed by atoms with Crippen molar-refractivity contribution < 1.29 is 19.1 Å². The standard InChI is InChI=1S/C18H17NO4S/c1-22-15-7-6-11(10-16(15)23-2)19-18(21)13-5-3-4-12-14(20)8-9-24-17(12)13/h3-7,10H,8-9H2,1-2H3,(H,19,21). The van der Waals surface area contributed by atoms with Crippen LogP contribution in [0.2, 0.25) is 0 Å². The van der Waals surface area contributed by atoms with Gasteiger partial charge in [-0.3, -0.25) is 9.59 Å². The van der Waals surface area contributed by atoms with Crippen molar-refractivity contribution in [3.8, 4) is 11.5 Å². The zero-order chi connectivity index (χ0) is 17.1. The van der Waals surface area contributed by atoms with E-state index in [-0.39, 0.29) is 11.7 Å². The Morgan fingerprint density at radius 2 is 1.92 bits per heavy atom. The second kappa shape index (κ2) is 6.97. The smallest absolute Gasteiger partial charge is 0.256 e. The number of hydrogen-bond acceptors (Lipinski definition) is 5. The maximum absolute atomic E-state index is 12.6. The molecule has 2 aromatic carbocycles. The van der Waals surface area contributed by atoms with E-state index < -0.39 is 0 Å². The molecule has 6 heteroatoms. The van der Waals surface area contributed by atoms with Crippen LogP contribution in [0.25, 0.3) is 0 Å². The molecule has 2 aromatic rings. The number of amides is 1. The topological polar surface area (TPSA) is 64.6 Å². The fraction of sp³-hybridized carbons (Fsp3) is 0.222. The van der Waals surface area contributed by atoms with Gasteiger partial charge in [0, 0.05) is 34.4 Å². The predicted octanol–water partition coefficient (Wildman–Crippen LogP) is 3.63. The van der Waals surface area contributed by atoms with Gasteiger partial charge in [-0.05, 0) is 18.2 Å². The molecular formula is C18H17NO4S. The molecule has 0 spiro atoms. The number of carbonyl (C=O) groups is 2. The lowest BCUT2D eigenvalue weighted by Crippen LogP contribution is -2.17. The Morgan fingerprint density at radius 3 is 2.67 bits per heavy atom. The Balaban J connectivity index is 1.89. The first kappa shape index (κ1) is 16.4. The summed E-state index contributed by atoms with van der Waals surface area (Å²) < 4.78 is 10.4. The van der Waals surface area contributed by atoms with E-state index in [0.717, 1.165) is 4.90 Å². The number of methoxy groups -OCH3 is 2. The van der Waals surface area contributed by atoms with Gasteiger partial charge in [-0.1, -0.05) is 12.1 Å². The summed E-state index contributed by atoms with van der Waals surface area (Å²) >= 11 is 1.55. The van der Waals surface area contributed by atoms with Gasteiger partial charge in [0.25, 0.3) is 5.91 Å². The average molecular weight is 343 g/mol. The van der Waals surface area contributed by atoms with Gasteiger partial charge >= 0.3 is 0 Å². The molecule has 0 aliphatic carbocycles. The summed E-state index contributed by atoms with van der Waals surface area (Å²) in [6.07, 6.45) is 0.512. The molecule has 0 fully saturated rings. The number of ketones is 1. The normalized spacial score (nSPS) is 13.2. The molecule has 1 aliphatic rings. The Morgan fingerprint density at radius 1 is 1.12 bits per heavy atom. The van der Waals surface area contributed by atoms with Crippen LogP contribution < -0.4 is 14.8 Å². The van der Waals surface area contributed by atoms with E-state index in [4.69, 9.17) is 9.47 Å². The quantitative estimate of drug-likeness (QED) is 0.918. The van der Waals surface area contributed by atoms with Crippen molar-refractivity contribution in [3.63, 3.8) is 0 Å². The van der Waals surface area contributed by atoms with Gasteiger partial charge in [-0.25, -0.2) is 0 Å². The minimum Gasteiger partial charge on any atom is -0.493 e. The monoisotopic (exact) mass is 343 g/mol. The van der Waals surface area contributed by atoms with Crippen LogP contribution in [0.5, 0.6) is 11.5 Å². The van der Waals surface area contributed by atoms with E-state index in [1.165, 1.54) is 0 Å². The summed E-state index contributed by atoms with van der Waals surface area (Å²) in [5, 5.41) is 2.85. The number of carbonyl (C=O) groups excluding carboxylic acids is 2. The summed E-state index contributed by atoms with van der Waals surface area (Å²) in [6.45, 7) is 0. The molecule has 0 unspecified atom stereocenters. The van der Waals surface area contributed by atoms with Crippen molar-refractivity contribution in [2.45, 2.75) is 11.3 Å². The molecule has 1 N–H and O–H groups in total. The molecule has 0 aromatic heterocycles. The summed E-state index contributed by atoms with van der Waals surface area (Å²) in [6, 6.07) is 10.4. The van der Waals surface area contributed by atoms with Crippen LogP contribution in [0.15, 0.2) is 41.3 Å². The first-order valence-corrected chi connectivity index (χ1v) is 8.45. The summed E-state index contributed by atoms with van der Waals surface area (Å²) in [5.74, 6) is 1.67. The second-order valence-electron chi connectivity index (χ2n) is 5.23. The number of nitrogens with one attached hydrogen (secondary N) is 1. The highest BCUT2D eigenvalue weighted by Crippen LogP contribution is 2.34. The van der Waals surface area contributed by atoms with Crippen LogP contribution in [-0.4, -0.2) is 31.7 Å². The molecule has 24 heavy (non-hydrogen) atoms. The highest BCUT2D eigenvalue weighted by atomic mass is 32.2. The van der Waals surface area contributed by atoms with E-state index in [0.29, 0.717) is 40.5 Å². The number of anilines is 1. The van der Waals surface area contributed by atoms with Gasteiger partial charge in [-0.15, -0.1) is 11.8 Å². The number of benzene rings is 2. The fourth-order valence-electron chi connectivity index (χ4n) is 2.58. The van der Waals surface area contributed by atoms with Crippen molar-refractivity contribution in [1.82, 2.24) is 0 Å². The van der Waals surface area contributed by atoms with Crippen LogP contribution in [0.1, 0.15) is 27.1 Å². The van der Waals surface area contributed by atoms with Gasteiger partial charge in [-0.2, -0.15) is 0 Å². The van der Waals surface area contributed by atoms with E-state index >= 15 is 0 Å². The first-order valence-electron chi connectivity index (χ1n) is 7.46. The molecule has 1 amide bonds. The second-order valence-corrected chi connectivity index (χ2v) is 6.33. The van der Waals surface area contributed by atoms with Gasteiger partial charge in [0.05, 0.1) is 19.8 Å². The van der Waals surface area contributed by atoms with Crippen molar-refractivity contribution in [3.05, 3.63) is 47.5 Å². The highest BCUT2D eigenvalue weighted by molar-refractivity contribution is 7.99. The number of ether oxygens (including phenoxy) is 2. The third-order valence-corrected chi connectivity index (χ3v) is 4.91. The SMILES string of the molecule is COc1ccc(NC(=O)c2cccc3c2SCCC3=O)cc1OC. The van der Waals surface area contributed by atoms with Crippen LogP contribution in [0.3, 0.4) is 0 Å². The number of hydrogen-bond donors (Lipinski definition) is 1. The molecule has 0 saturated carbocycles. The Bertz CT molecular complexity index is 804. The van der Waals surface area contributed by atoms with Gasteiger partial charge in [0.15, 0.2) is 17.3 Å². The van der Waals surface area contributed by atoms with Crippen molar-refractivity contribution in [1.29, 1.82) is 0 Å². The summed E-state index contributed by atoms with van der Waals surface area (Å²) in [4.78, 5) is 25.4. The van der Waals surface area contributed by atoms with E-state index in [1.54, 1.807) is 62.4 Å². The lowest BCUT2D eigenvalue weighted by molar-refractivity contribution is 0.0984. The minimum atomic E-state index is -0.249. The third kappa shape index (κ3) is 3.10. The molecule has 0 bridgehead atoms. The maximum atomic E-state index is 12.6. The van der Waals surface area contributed by atoms with Crippen LogP contribution in [0, 0.1) is 0 Å². The minimum absolute atomic E-state index is 0.0875. The molecule has 124 valence electrons. The largest absolute Gasteiger partial charge is 0.493 e. The van der Waals surface area contributed by atoms with Crippen LogP contribution >= 0.6 is 11.8 Å². The Labute approximate surface area is 144 Å². The molecule has 1 heterocycles. The first-order chi connectivity index (χ1) is 11.6. The van der Waals surface area contributed by atoms with Gasteiger partial charge < -0.3 is 14.8 Å². The molecule has 3 rings (SSSR count). The van der Waals surface area contributed by atoms with Crippen molar-refractivity contribution in [2.75, 3.05) is 25.3 Å². The average Bonchev–Trinajstić information content (AvgIpc) is 2.61. The molecule has 0 atom stereocenters. The van der Waals surface area contributed by atoms with Crippen molar-refractivity contribution >= 4 is 29.1 Å². The zero-order valence-corrected chi connectivity index (χ0v) is 14.2. The predicted molar refractivity (Wildman–Crippen MR) is 93.6 cm³/mol. The van der Waals surface area contributed by atoms with Gasteiger partial charge in [0.2, 0.25) is 0 Å². The maximum Gasteiger partial charge on any atom is 0.256 e. The molecule has 1 aliphatic heterocycles. The Kier molecular flexibility index (Phi) is 4.76. The Hall–Kier alpha value is -2.47. The lowest BCUT2D eigenvalue weighted by Gasteiger charge is -2.17. The van der Waals surface area contributed by atoms with Gasteiger partial charge in [0.1, 0.15) is 0 Å². The highest BCUT2D eigenvalue weighted by Gasteiger charge is 2.23. The number of Topliss-reactive ketones (excluding diaryl/α,β-unsaturated/α-hetero) is 1. The van der Waals surface area contributed by atoms with Crippen LogP contribution in [-0.2, 0) is 0 Å². The summed E-state index contributed by atoms with van der Waals surface area (Å²) in [5.41, 5.74) is 1.74. The van der Waals surface area contributed by atoms with Crippen molar-refractivity contribution in [2.24, 2.45) is 0 Å². The molecule has 0 saturated heterocycles. The van der Waals surface area contributed by atoms with E-state index in [1.807, 2.05) is 0 Å². The van der Waals surface area contributed by atoms with Crippen LogP contribution in [0.4, 0.5) is 5.69 Å². The number of thioether (sulfide) groups is 1. The zero-order valence-electron chi connectivity index (χ0n) is 13.4. The molecule has 5 nitrogen and oxygen atoms in total. The number of fused-ring (bicyclic) bond motifs is 1. The fourth-order valence-corrected chi connectivity index (χ4v) is 3.73. The molecular weight excluding hydrogens is 326 g/mol. The summed E-state index contributed by atoms with van der Waals surface area (Å²) in [7, 11) is 3.10.